The van der Waals surface area contributed by atoms with Gasteiger partial charge in [-0.1, -0.05) is 83.6 Å². The second kappa shape index (κ2) is 9.06. The molecule has 0 bridgehead atoms. The molecule has 0 unspecified atom stereocenters. The van der Waals surface area contributed by atoms with E-state index >= 15 is 0 Å². The van der Waals surface area contributed by atoms with E-state index in [-0.39, 0.29) is 5.69 Å². The van der Waals surface area contributed by atoms with Crippen LogP contribution in [-0.4, -0.2) is 20.1 Å². The molecule has 4 aromatic rings. The molecule has 0 radical (unpaired) electrons. The molecular weight excluding hydrogens is 408 g/mol. The highest BCUT2D eigenvalue weighted by Gasteiger charge is 2.14. The summed E-state index contributed by atoms with van der Waals surface area (Å²) in [5.41, 5.74) is 6.66. The number of hydrogen-bond acceptors (Lipinski definition) is 6. The maximum atomic E-state index is 11.0. The summed E-state index contributed by atoms with van der Waals surface area (Å²) in [5.74, 6) is 0.514. The molecule has 1 aromatic heterocycles. The Hall–Kier alpha value is -3.58. The van der Waals surface area contributed by atoms with Gasteiger partial charge in [-0.05, 0) is 19.4 Å². The number of aryl methyl sites for hydroxylation is 2. The van der Waals surface area contributed by atoms with E-state index in [0.717, 1.165) is 28.1 Å². The zero-order valence-corrected chi connectivity index (χ0v) is 18.0. The van der Waals surface area contributed by atoms with Crippen molar-refractivity contribution in [2.75, 3.05) is 0 Å². The van der Waals surface area contributed by atoms with E-state index in [9.17, 15) is 10.1 Å². The zero-order chi connectivity index (χ0) is 21.8. The summed E-state index contributed by atoms with van der Waals surface area (Å²) in [6.45, 7) is 4.09. The third-order valence-corrected chi connectivity index (χ3v) is 5.72. The largest absolute Gasteiger partial charge is 0.269 e. The summed E-state index contributed by atoms with van der Waals surface area (Å²) >= 11 is 1.40. The first kappa shape index (κ1) is 20.7. The van der Waals surface area contributed by atoms with Gasteiger partial charge in [-0.15, -0.1) is 10.2 Å². The molecule has 0 aliphatic heterocycles. The molecule has 4 rings (SSSR count). The van der Waals surface area contributed by atoms with Crippen LogP contribution in [0.15, 0.2) is 78.0 Å². The lowest BCUT2D eigenvalue weighted by molar-refractivity contribution is -0.384. The smallest absolute Gasteiger partial charge is 0.258 e. The van der Waals surface area contributed by atoms with Crippen LogP contribution in [0, 0.1) is 24.0 Å². The monoisotopic (exact) mass is 428 g/mol. The van der Waals surface area contributed by atoms with Gasteiger partial charge in [0.2, 0.25) is 5.16 Å². The Morgan fingerprint density at radius 3 is 2.06 bits per heavy atom. The predicted molar refractivity (Wildman–Crippen MR) is 123 cm³/mol. The van der Waals surface area contributed by atoms with Gasteiger partial charge < -0.3 is 0 Å². The van der Waals surface area contributed by atoms with Crippen LogP contribution >= 0.6 is 11.8 Å². The summed E-state index contributed by atoms with van der Waals surface area (Å²) < 4.78 is 0. The Morgan fingerprint density at radius 2 is 1.45 bits per heavy atom. The van der Waals surface area contributed by atoms with Crippen molar-refractivity contribution < 1.29 is 4.92 Å². The number of benzene rings is 3. The van der Waals surface area contributed by atoms with E-state index in [1.807, 2.05) is 68.4 Å². The number of nitro benzene ring substituents is 1. The molecule has 31 heavy (non-hydrogen) atoms. The minimum Gasteiger partial charge on any atom is -0.258 e. The Kier molecular flexibility index (Phi) is 6.04. The lowest BCUT2D eigenvalue weighted by atomic mass is 10.0. The summed E-state index contributed by atoms with van der Waals surface area (Å²) in [5, 5.41) is 20.4. The van der Waals surface area contributed by atoms with Crippen molar-refractivity contribution in [3.05, 3.63) is 99.6 Å². The molecule has 0 fully saturated rings. The van der Waals surface area contributed by atoms with Crippen molar-refractivity contribution in [3.8, 4) is 22.5 Å². The van der Waals surface area contributed by atoms with Crippen LogP contribution in [0.3, 0.4) is 0 Å². The number of thioether (sulfide) groups is 1. The second-order valence-electron chi connectivity index (χ2n) is 7.24. The van der Waals surface area contributed by atoms with E-state index in [1.165, 1.54) is 29.0 Å². The average Bonchev–Trinajstić information content (AvgIpc) is 2.79. The van der Waals surface area contributed by atoms with Crippen molar-refractivity contribution in [3.63, 3.8) is 0 Å². The molecule has 0 spiro atoms. The maximum absolute atomic E-state index is 11.0. The zero-order valence-electron chi connectivity index (χ0n) is 17.1. The lowest BCUT2D eigenvalue weighted by Gasteiger charge is -2.10. The maximum Gasteiger partial charge on any atom is 0.269 e. The molecule has 0 N–H and O–H groups in total. The molecule has 0 saturated heterocycles. The third-order valence-electron chi connectivity index (χ3n) is 4.81. The molecular formula is C24H20N4O2S. The first-order valence-corrected chi connectivity index (χ1v) is 10.7. The van der Waals surface area contributed by atoms with E-state index in [4.69, 9.17) is 4.98 Å². The number of rotatable bonds is 6. The molecule has 154 valence electrons. The minimum absolute atomic E-state index is 0.0761. The van der Waals surface area contributed by atoms with E-state index in [0.29, 0.717) is 10.9 Å². The summed E-state index contributed by atoms with van der Waals surface area (Å²) in [6.07, 6.45) is 0. The number of nitro groups is 1. The van der Waals surface area contributed by atoms with Gasteiger partial charge in [-0.3, -0.25) is 10.1 Å². The SMILES string of the molecule is Cc1ccc(-c2nnc(SCc3cccc([N+](=O)[O-])c3)nc2-c2ccc(C)cc2)cc1. The van der Waals surface area contributed by atoms with Gasteiger partial charge in [-0.25, -0.2) is 4.98 Å². The first-order valence-electron chi connectivity index (χ1n) is 9.74. The number of aromatic nitrogens is 3. The van der Waals surface area contributed by atoms with Crippen LogP contribution in [0.1, 0.15) is 16.7 Å². The average molecular weight is 429 g/mol. The van der Waals surface area contributed by atoms with Gasteiger partial charge in [0.25, 0.3) is 5.69 Å². The highest BCUT2D eigenvalue weighted by molar-refractivity contribution is 7.98. The molecule has 7 heteroatoms. The fourth-order valence-corrected chi connectivity index (χ4v) is 3.83. The number of hydrogen-bond donors (Lipinski definition) is 0. The molecule has 0 aliphatic carbocycles. The van der Waals surface area contributed by atoms with Crippen LogP contribution in [0.5, 0.6) is 0 Å². The van der Waals surface area contributed by atoms with Gasteiger partial charge in [0.1, 0.15) is 11.4 Å². The van der Waals surface area contributed by atoms with Crippen molar-refractivity contribution in [2.24, 2.45) is 0 Å². The molecule has 3 aromatic carbocycles. The van der Waals surface area contributed by atoms with Gasteiger partial charge in [-0.2, -0.15) is 0 Å². The highest BCUT2D eigenvalue weighted by Crippen LogP contribution is 2.31. The van der Waals surface area contributed by atoms with E-state index in [2.05, 4.69) is 10.2 Å². The van der Waals surface area contributed by atoms with Gasteiger partial charge in [0, 0.05) is 29.0 Å². The first-order chi connectivity index (χ1) is 15.0. The third kappa shape index (κ3) is 4.95. The van der Waals surface area contributed by atoms with E-state index < -0.39 is 4.92 Å². The van der Waals surface area contributed by atoms with Gasteiger partial charge in [0.05, 0.1) is 4.92 Å². The number of nitrogens with zero attached hydrogens (tertiary/aromatic N) is 4. The molecule has 0 aliphatic rings. The minimum atomic E-state index is -0.391. The van der Waals surface area contributed by atoms with Crippen LogP contribution in [-0.2, 0) is 5.75 Å². The predicted octanol–water partition coefficient (Wildman–Crippen LogP) is 6.02. The number of non-ortho nitro benzene ring substituents is 1. The normalized spacial score (nSPS) is 10.8. The Labute approximate surface area is 184 Å². The van der Waals surface area contributed by atoms with Crippen molar-refractivity contribution >= 4 is 17.4 Å². The topological polar surface area (TPSA) is 81.8 Å². The second-order valence-corrected chi connectivity index (χ2v) is 8.18. The summed E-state index contributed by atoms with van der Waals surface area (Å²) in [6, 6.07) is 22.9. The van der Waals surface area contributed by atoms with Crippen LogP contribution in [0.25, 0.3) is 22.5 Å². The quantitative estimate of drug-likeness (QED) is 0.212. The molecule has 0 saturated carbocycles. The highest BCUT2D eigenvalue weighted by atomic mass is 32.2. The van der Waals surface area contributed by atoms with E-state index in [1.54, 1.807) is 12.1 Å². The fraction of sp³-hybridized carbons (Fsp3) is 0.125. The molecule has 1 heterocycles. The summed E-state index contributed by atoms with van der Waals surface area (Å²) in [4.78, 5) is 15.4. The Bertz CT molecular complexity index is 1230. The van der Waals surface area contributed by atoms with Gasteiger partial charge >= 0.3 is 0 Å². The summed E-state index contributed by atoms with van der Waals surface area (Å²) in [7, 11) is 0. The molecule has 0 atom stereocenters. The van der Waals surface area contributed by atoms with Crippen molar-refractivity contribution in [1.82, 2.24) is 15.2 Å². The fourth-order valence-electron chi connectivity index (χ4n) is 3.10. The Morgan fingerprint density at radius 1 is 0.839 bits per heavy atom. The standard InChI is InChI=1S/C24H20N4O2S/c1-16-6-10-19(11-7-16)22-23(20-12-8-17(2)9-13-20)26-27-24(25-22)31-15-18-4-3-5-21(14-18)28(29)30/h3-14H,15H2,1-2H3. The van der Waals surface area contributed by atoms with Crippen LogP contribution in [0.2, 0.25) is 0 Å². The Balaban J connectivity index is 1.67. The van der Waals surface area contributed by atoms with Crippen molar-refractivity contribution in [2.45, 2.75) is 24.8 Å². The molecule has 0 amide bonds. The van der Waals surface area contributed by atoms with Gasteiger partial charge in [0.15, 0.2) is 0 Å². The lowest BCUT2D eigenvalue weighted by Crippen LogP contribution is -1.99. The van der Waals surface area contributed by atoms with Crippen LogP contribution in [0.4, 0.5) is 5.69 Å². The molecule has 6 nitrogen and oxygen atoms in total. The van der Waals surface area contributed by atoms with Crippen molar-refractivity contribution in [1.29, 1.82) is 0 Å². The van der Waals surface area contributed by atoms with Crippen LogP contribution < -0.4 is 0 Å².